The number of aryl methyl sites for hydroxylation is 2. The fraction of sp³-hybridized carbons (Fsp3) is 0.312. The van der Waals surface area contributed by atoms with Gasteiger partial charge in [-0.3, -0.25) is 4.79 Å². The Morgan fingerprint density at radius 3 is 2.79 bits per heavy atom. The van der Waals surface area contributed by atoms with Gasteiger partial charge in [0.2, 0.25) is 11.9 Å². The summed E-state index contributed by atoms with van der Waals surface area (Å²) < 4.78 is 13.8. The monoisotopic (exact) mass is 580 g/mol. The fourth-order valence-electron chi connectivity index (χ4n) is 5.31. The molecule has 0 saturated carbocycles. The smallest absolute Gasteiger partial charge is 0.247 e. The first kappa shape index (κ1) is 29.4. The number of carbonyl (C=O) groups excluding carboxylic acids is 1. The molecule has 0 atom stereocenters. The predicted molar refractivity (Wildman–Crippen MR) is 169 cm³/mol. The zero-order chi connectivity index (χ0) is 30.5. The quantitative estimate of drug-likeness (QED) is 0.227. The highest BCUT2D eigenvalue weighted by molar-refractivity contribution is 6.02. The van der Waals surface area contributed by atoms with Crippen molar-refractivity contribution in [3.63, 3.8) is 0 Å². The van der Waals surface area contributed by atoms with Crippen molar-refractivity contribution in [2.75, 3.05) is 63.5 Å². The second-order valence-corrected chi connectivity index (χ2v) is 10.6. The minimum absolute atomic E-state index is 0.129. The summed E-state index contributed by atoms with van der Waals surface area (Å²) in [7, 11) is 7.57. The maximum Gasteiger partial charge on any atom is 0.247 e. The number of hydrogen-bond donors (Lipinski definition) is 2. The molecule has 0 aliphatic carbocycles. The summed E-state index contributed by atoms with van der Waals surface area (Å²) in [6.07, 6.45) is 7.00. The highest BCUT2D eigenvalue weighted by Crippen LogP contribution is 2.40. The standard InChI is InChI=1S/C32H36N8O3/c1-6-29(41)35-24-17-25(27(42-5)18-26(24)39(4)15-14-38(2)3)36-32-34-19-28(43-16-12-33)30(37-32)23-20-40-13-8-10-21-9-7-11-22(23)31(21)40/h6-7,9,11,17-20H,1,8,10,13-16H2,2-5H3,(H,35,41)(H,34,36,37). The zero-order valence-electron chi connectivity index (χ0n) is 25.0. The summed E-state index contributed by atoms with van der Waals surface area (Å²) in [5.41, 5.74) is 5.91. The van der Waals surface area contributed by atoms with Crippen molar-refractivity contribution >= 4 is 39.8 Å². The van der Waals surface area contributed by atoms with Crippen LogP contribution in [0.2, 0.25) is 0 Å². The second-order valence-electron chi connectivity index (χ2n) is 10.6. The van der Waals surface area contributed by atoms with Crippen LogP contribution in [0.1, 0.15) is 12.0 Å². The number of benzene rings is 2. The topological polar surface area (TPSA) is 121 Å². The van der Waals surface area contributed by atoms with Crippen LogP contribution < -0.4 is 25.0 Å². The molecule has 0 fully saturated rings. The molecule has 2 N–H and O–H groups in total. The Labute approximate surface area is 251 Å². The van der Waals surface area contributed by atoms with Crippen molar-refractivity contribution in [2.45, 2.75) is 19.4 Å². The number of rotatable bonds is 12. The van der Waals surface area contributed by atoms with Crippen molar-refractivity contribution in [3.8, 4) is 28.8 Å². The van der Waals surface area contributed by atoms with Gasteiger partial charge in [0.05, 0.1) is 35.9 Å². The van der Waals surface area contributed by atoms with Crippen LogP contribution in [-0.4, -0.2) is 73.3 Å². The Morgan fingerprint density at radius 2 is 2.05 bits per heavy atom. The Hall–Kier alpha value is -5.08. The molecule has 0 unspecified atom stereocenters. The maximum absolute atomic E-state index is 12.4. The van der Waals surface area contributed by atoms with Crippen LogP contribution in [-0.2, 0) is 17.8 Å². The fourth-order valence-corrected chi connectivity index (χ4v) is 5.31. The molecule has 1 amide bonds. The van der Waals surface area contributed by atoms with Gasteiger partial charge in [-0.15, -0.1) is 0 Å². The molecular formula is C32H36N8O3. The minimum Gasteiger partial charge on any atom is -0.494 e. The predicted octanol–water partition coefficient (Wildman–Crippen LogP) is 4.82. The van der Waals surface area contributed by atoms with Crippen LogP contribution >= 0.6 is 0 Å². The molecule has 1 aliphatic rings. The van der Waals surface area contributed by atoms with Gasteiger partial charge in [-0.05, 0) is 44.6 Å². The number of aromatic nitrogens is 3. The molecule has 5 rings (SSSR count). The molecule has 11 nitrogen and oxygen atoms in total. The SMILES string of the molecule is C=CC(=O)Nc1cc(Nc2ncc(OCC#N)c(-c3cn4c5c(cccc35)CCC4)n2)c(OC)cc1N(C)CCN(C)C. The van der Waals surface area contributed by atoms with Crippen molar-refractivity contribution < 1.29 is 14.3 Å². The van der Waals surface area contributed by atoms with Gasteiger partial charge in [0, 0.05) is 49.9 Å². The van der Waals surface area contributed by atoms with Crippen LogP contribution in [0.4, 0.5) is 23.0 Å². The molecule has 0 radical (unpaired) electrons. The zero-order valence-corrected chi connectivity index (χ0v) is 25.0. The lowest BCUT2D eigenvalue weighted by atomic mass is 10.0. The lowest BCUT2D eigenvalue weighted by Crippen LogP contribution is -2.29. The van der Waals surface area contributed by atoms with E-state index in [1.165, 1.54) is 17.2 Å². The third-order valence-corrected chi connectivity index (χ3v) is 7.43. The van der Waals surface area contributed by atoms with Gasteiger partial charge >= 0.3 is 0 Å². The van der Waals surface area contributed by atoms with E-state index in [2.05, 4.69) is 61.0 Å². The number of hydrogen-bond acceptors (Lipinski definition) is 9. The summed E-state index contributed by atoms with van der Waals surface area (Å²) in [6, 6.07) is 12.0. The Bertz CT molecular complexity index is 1710. The van der Waals surface area contributed by atoms with Gasteiger partial charge in [0.15, 0.2) is 12.4 Å². The van der Waals surface area contributed by atoms with Crippen LogP contribution in [0.15, 0.2) is 55.4 Å². The highest BCUT2D eigenvalue weighted by Gasteiger charge is 2.22. The van der Waals surface area contributed by atoms with Crippen molar-refractivity contribution in [1.82, 2.24) is 19.4 Å². The average molecular weight is 581 g/mol. The van der Waals surface area contributed by atoms with Crippen LogP contribution in [0.3, 0.4) is 0 Å². The van der Waals surface area contributed by atoms with Crippen molar-refractivity contribution in [3.05, 3.63) is 60.9 Å². The maximum atomic E-state index is 12.4. The lowest BCUT2D eigenvalue weighted by Gasteiger charge is -2.26. The van der Waals surface area contributed by atoms with E-state index in [4.69, 9.17) is 14.5 Å². The van der Waals surface area contributed by atoms with Crippen LogP contribution in [0, 0.1) is 11.3 Å². The number of anilines is 4. The number of nitriles is 1. The highest BCUT2D eigenvalue weighted by atomic mass is 16.5. The van der Waals surface area contributed by atoms with E-state index in [0.29, 0.717) is 34.5 Å². The molecule has 2 aromatic heterocycles. The van der Waals surface area contributed by atoms with Crippen LogP contribution in [0.5, 0.6) is 11.5 Å². The first-order chi connectivity index (χ1) is 20.8. The first-order valence-corrected chi connectivity index (χ1v) is 14.1. The molecule has 4 aromatic rings. The number of nitrogens with one attached hydrogen (secondary N) is 2. The number of likely N-dealkylation sites (N-methyl/N-ethyl adjacent to an activating group) is 2. The molecular weight excluding hydrogens is 544 g/mol. The molecule has 11 heteroatoms. The van der Waals surface area contributed by atoms with E-state index in [9.17, 15) is 10.1 Å². The Morgan fingerprint density at radius 1 is 1.21 bits per heavy atom. The molecule has 0 bridgehead atoms. The summed E-state index contributed by atoms with van der Waals surface area (Å²) >= 11 is 0. The Kier molecular flexibility index (Phi) is 8.78. The number of para-hydroxylation sites is 1. The molecule has 3 heterocycles. The number of amides is 1. The molecule has 222 valence electrons. The van der Waals surface area contributed by atoms with Crippen molar-refractivity contribution in [2.24, 2.45) is 0 Å². The summed E-state index contributed by atoms with van der Waals surface area (Å²) in [4.78, 5) is 25.9. The molecule has 0 saturated heterocycles. The molecule has 2 aromatic carbocycles. The minimum atomic E-state index is -0.330. The summed E-state index contributed by atoms with van der Waals surface area (Å²) in [5.74, 6) is 0.938. The third-order valence-electron chi connectivity index (χ3n) is 7.43. The molecule has 43 heavy (non-hydrogen) atoms. The van der Waals surface area contributed by atoms with Crippen LogP contribution in [0.25, 0.3) is 22.2 Å². The van der Waals surface area contributed by atoms with E-state index >= 15 is 0 Å². The molecule has 1 aliphatic heterocycles. The van der Waals surface area contributed by atoms with Gasteiger partial charge < -0.3 is 34.5 Å². The number of methoxy groups -OCH3 is 1. The van der Waals surface area contributed by atoms with Gasteiger partial charge in [0.1, 0.15) is 17.5 Å². The average Bonchev–Trinajstić information content (AvgIpc) is 3.39. The van der Waals surface area contributed by atoms with Gasteiger partial charge in [-0.2, -0.15) is 5.26 Å². The summed E-state index contributed by atoms with van der Waals surface area (Å²) in [5, 5.41) is 16.5. The largest absolute Gasteiger partial charge is 0.494 e. The number of carbonyl (C=O) groups is 1. The summed E-state index contributed by atoms with van der Waals surface area (Å²) in [6.45, 7) is 5.94. The van der Waals surface area contributed by atoms with Gasteiger partial charge in [0.25, 0.3) is 0 Å². The normalized spacial score (nSPS) is 12.1. The first-order valence-electron chi connectivity index (χ1n) is 14.1. The van der Waals surface area contributed by atoms with E-state index in [0.717, 1.165) is 49.1 Å². The third kappa shape index (κ3) is 6.24. The van der Waals surface area contributed by atoms with Gasteiger partial charge in [-0.1, -0.05) is 24.8 Å². The van der Waals surface area contributed by atoms with E-state index in [1.54, 1.807) is 19.4 Å². The number of ether oxygens (including phenoxy) is 2. The second kappa shape index (κ2) is 12.8. The van der Waals surface area contributed by atoms with Crippen molar-refractivity contribution in [1.29, 1.82) is 5.26 Å². The molecule has 0 spiro atoms. The lowest BCUT2D eigenvalue weighted by molar-refractivity contribution is -0.111. The van der Waals surface area contributed by atoms with Gasteiger partial charge in [-0.25, -0.2) is 9.97 Å². The van der Waals surface area contributed by atoms with E-state index in [-0.39, 0.29) is 12.5 Å². The van der Waals surface area contributed by atoms with E-state index in [1.807, 2.05) is 33.3 Å². The van der Waals surface area contributed by atoms with E-state index < -0.39 is 0 Å². The number of nitrogens with zero attached hydrogens (tertiary/aromatic N) is 6. The Balaban J connectivity index is 1.57.